The van der Waals surface area contributed by atoms with Gasteiger partial charge in [-0.2, -0.15) is 0 Å². The van der Waals surface area contributed by atoms with Crippen molar-refractivity contribution in [2.75, 3.05) is 18.1 Å². The minimum Gasteiger partial charge on any atom is -0.490 e. The Bertz CT molecular complexity index is 1880. The number of esters is 2. The highest BCUT2D eigenvalue weighted by molar-refractivity contribution is 7.07. The van der Waals surface area contributed by atoms with E-state index < -0.39 is 35.4 Å². The summed E-state index contributed by atoms with van der Waals surface area (Å²) in [4.78, 5) is 71.0. The number of fused-ring (bicyclic) bond motifs is 2. The Kier molecular flexibility index (Phi) is 7.65. The Morgan fingerprint density at radius 3 is 2.40 bits per heavy atom. The number of hydrogen-bond acceptors (Lipinski definition) is 10. The fourth-order valence-corrected chi connectivity index (χ4v) is 6.24. The van der Waals surface area contributed by atoms with Crippen LogP contribution in [0.15, 0.2) is 63.5 Å². The zero-order chi connectivity index (χ0) is 30.3. The standard InChI is InChI=1S/C30H27N3O8S/c1-6-39-22-14-18(12-13-21(22)41-17(5)35)25-23(29(38)40-7-2)15(3)31-30-33(25)28(37)26(42-30)24-19-10-8-9-11-20(19)32(16(4)34)27(24)36/h8-14,25H,6-7H2,1-5H3/b26-24-/t25-/m0/s1. The number of imide groups is 1. The third-order valence-corrected chi connectivity index (χ3v) is 7.76. The van der Waals surface area contributed by atoms with Gasteiger partial charge >= 0.3 is 11.9 Å². The van der Waals surface area contributed by atoms with Crippen molar-refractivity contribution in [1.29, 1.82) is 0 Å². The summed E-state index contributed by atoms with van der Waals surface area (Å²) < 4.78 is 17.8. The molecule has 42 heavy (non-hydrogen) atoms. The maximum atomic E-state index is 14.2. The molecule has 0 saturated carbocycles. The van der Waals surface area contributed by atoms with Crippen LogP contribution < -0.4 is 29.3 Å². The van der Waals surface area contributed by atoms with Crippen LogP contribution in [0.3, 0.4) is 0 Å². The van der Waals surface area contributed by atoms with Gasteiger partial charge in [-0.15, -0.1) is 0 Å². The van der Waals surface area contributed by atoms with Gasteiger partial charge in [-0.05, 0) is 44.5 Å². The molecule has 2 aliphatic heterocycles. The van der Waals surface area contributed by atoms with Gasteiger partial charge in [0.1, 0.15) is 4.53 Å². The Hall–Kier alpha value is -4.84. The van der Waals surface area contributed by atoms with Crippen molar-refractivity contribution in [3.05, 3.63) is 84.5 Å². The Morgan fingerprint density at radius 2 is 1.74 bits per heavy atom. The maximum absolute atomic E-state index is 14.2. The molecule has 3 heterocycles. The van der Waals surface area contributed by atoms with E-state index in [-0.39, 0.29) is 45.2 Å². The number of carbonyl (C=O) groups excluding carboxylic acids is 4. The van der Waals surface area contributed by atoms with E-state index in [1.54, 1.807) is 57.2 Å². The van der Waals surface area contributed by atoms with E-state index >= 15 is 0 Å². The SMILES string of the molecule is CCOC(=O)C1=C(C)N=c2s/c(=C3\C(=O)N(C(C)=O)c4ccccc43)c(=O)n2[C@H]1c1ccc(OC(C)=O)c(OCC)c1. The fourth-order valence-electron chi connectivity index (χ4n) is 5.11. The van der Waals surface area contributed by atoms with E-state index in [4.69, 9.17) is 14.2 Å². The molecule has 0 bridgehead atoms. The minimum absolute atomic E-state index is 0.0828. The number of thiazole rings is 1. The largest absolute Gasteiger partial charge is 0.490 e. The molecule has 2 aliphatic rings. The summed E-state index contributed by atoms with van der Waals surface area (Å²) >= 11 is 0.997. The number of hydrogen-bond donors (Lipinski definition) is 0. The first kappa shape index (κ1) is 28.7. The molecule has 0 fully saturated rings. The average Bonchev–Trinajstić information content (AvgIpc) is 3.41. The number of allylic oxidation sites excluding steroid dienone is 1. The molecule has 3 aromatic rings. The number of nitrogens with zero attached hydrogens (tertiary/aromatic N) is 3. The highest BCUT2D eigenvalue weighted by Gasteiger charge is 2.39. The van der Waals surface area contributed by atoms with Crippen LogP contribution in [0.1, 0.15) is 51.8 Å². The number of amides is 2. The molecule has 11 nitrogen and oxygen atoms in total. The Morgan fingerprint density at radius 1 is 1.00 bits per heavy atom. The number of benzene rings is 2. The van der Waals surface area contributed by atoms with Crippen LogP contribution in [0.25, 0.3) is 5.57 Å². The Balaban J connectivity index is 1.81. The lowest BCUT2D eigenvalue weighted by Crippen LogP contribution is -2.41. The predicted molar refractivity (Wildman–Crippen MR) is 153 cm³/mol. The van der Waals surface area contributed by atoms with E-state index in [9.17, 15) is 24.0 Å². The molecule has 1 aromatic heterocycles. The molecule has 216 valence electrons. The van der Waals surface area contributed by atoms with Gasteiger partial charge in [-0.3, -0.25) is 23.7 Å². The van der Waals surface area contributed by atoms with Crippen molar-refractivity contribution < 1.29 is 33.4 Å². The molecular weight excluding hydrogens is 562 g/mol. The second-order valence-electron chi connectivity index (χ2n) is 9.41. The second kappa shape index (κ2) is 11.2. The highest BCUT2D eigenvalue weighted by atomic mass is 32.1. The summed E-state index contributed by atoms with van der Waals surface area (Å²) in [5.41, 5.74) is 1.29. The lowest BCUT2D eigenvalue weighted by Gasteiger charge is -2.25. The van der Waals surface area contributed by atoms with Gasteiger partial charge in [0.05, 0.1) is 41.8 Å². The van der Waals surface area contributed by atoms with E-state index in [2.05, 4.69) is 4.99 Å². The smallest absolute Gasteiger partial charge is 0.338 e. The molecule has 0 spiro atoms. The van der Waals surface area contributed by atoms with Crippen molar-refractivity contribution in [2.45, 2.75) is 40.7 Å². The summed E-state index contributed by atoms with van der Waals surface area (Å²) in [5.74, 6) is -1.87. The first-order valence-corrected chi connectivity index (χ1v) is 14.0. The monoisotopic (exact) mass is 589 g/mol. The van der Waals surface area contributed by atoms with Crippen LogP contribution in [0, 0.1) is 0 Å². The molecule has 1 atom stereocenters. The van der Waals surface area contributed by atoms with Crippen LogP contribution in [-0.4, -0.2) is 41.5 Å². The van der Waals surface area contributed by atoms with Crippen LogP contribution in [-0.2, 0) is 23.9 Å². The first-order valence-electron chi connectivity index (χ1n) is 13.2. The average molecular weight is 590 g/mol. The van der Waals surface area contributed by atoms with Gasteiger partial charge in [-0.1, -0.05) is 35.6 Å². The lowest BCUT2D eigenvalue weighted by molar-refractivity contribution is -0.139. The predicted octanol–water partition coefficient (Wildman–Crippen LogP) is 2.39. The van der Waals surface area contributed by atoms with Crippen LogP contribution in [0.4, 0.5) is 5.69 Å². The van der Waals surface area contributed by atoms with Gasteiger partial charge in [0.25, 0.3) is 11.5 Å². The number of aromatic nitrogens is 1. The van der Waals surface area contributed by atoms with Crippen molar-refractivity contribution in [1.82, 2.24) is 4.57 Å². The topological polar surface area (TPSA) is 134 Å². The van der Waals surface area contributed by atoms with Crippen molar-refractivity contribution >= 4 is 46.4 Å². The number of para-hydroxylation sites is 1. The molecule has 2 amide bonds. The van der Waals surface area contributed by atoms with Crippen molar-refractivity contribution in [3.63, 3.8) is 0 Å². The number of carbonyl (C=O) groups is 4. The van der Waals surface area contributed by atoms with Crippen LogP contribution in [0.5, 0.6) is 11.5 Å². The van der Waals surface area contributed by atoms with Crippen LogP contribution >= 0.6 is 11.3 Å². The van der Waals surface area contributed by atoms with Gasteiger partial charge < -0.3 is 14.2 Å². The minimum atomic E-state index is -1.00. The molecule has 0 saturated heterocycles. The fraction of sp³-hybridized carbons (Fsp3) is 0.267. The third kappa shape index (κ3) is 4.73. The molecular formula is C30H27N3O8S. The zero-order valence-electron chi connectivity index (χ0n) is 23.5. The summed E-state index contributed by atoms with van der Waals surface area (Å²) in [7, 11) is 0. The van der Waals surface area contributed by atoms with E-state index in [1.165, 1.54) is 24.5 Å². The molecule has 2 aromatic carbocycles. The summed E-state index contributed by atoms with van der Waals surface area (Å²) in [5, 5.41) is 0. The molecule has 0 unspecified atom stereocenters. The number of rotatable bonds is 6. The van der Waals surface area contributed by atoms with Gasteiger partial charge in [0, 0.05) is 19.4 Å². The summed E-state index contributed by atoms with van der Waals surface area (Å²) in [6.07, 6.45) is 0. The number of anilines is 1. The Labute approximate surface area is 244 Å². The van der Waals surface area contributed by atoms with Crippen molar-refractivity contribution in [2.24, 2.45) is 4.99 Å². The summed E-state index contributed by atoms with van der Waals surface area (Å²) in [6.45, 7) is 7.99. The summed E-state index contributed by atoms with van der Waals surface area (Å²) in [6, 6.07) is 10.5. The van der Waals surface area contributed by atoms with E-state index in [0.717, 1.165) is 16.2 Å². The molecule has 0 N–H and O–H groups in total. The normalized spacial score (nSPS) is 16.9. The van der Waals surface area contributed by atoms with E-state index in [0.29, 0.717) is 22.5 Å². The number of ether oxygens (including phenoxy) is 3. The molecule has 0 radical (unpaired) electrons. The highest BCUT2D eigenvalue weighted by Crippen LogP contribution is 2.38. The first-order chi connectivity index (χ1) is 20.1. The maximum Gasteiger partial charge on any atom is 0.338 e. The van der Waals surface area contributed by atoms with Crippen molar-refractivity contribution in [3.8, 4) is 11.5 Å². The molecule has 5 rings (SSSR count). The van der Waals surface area contributed by atoms with Crippen LogP contribution in [0.2, 0.25) is 0 Å². The van der Waals surface area contributed by atoms with Gasteiger partial charge in [0.2, 0.25) is 5.91 Å². The van der Waals surface area contributed by atoms with E-state index in [1.807, 2.05) is 0 Å². The lowest BCUT2D eigenvalue weighted by atomic mass is 9.95. The van der Waals surface area contributed by atoms with Gasteiger partial charge in [-0.25, -0.2) is 14.7 Å². The quantitative estimate of drug-likeness (QED) is 0.316. The zero-order valence-corrected chi connectivity index (χ0v) is 24.4. The molecule has 12 heteroatoms. The van der Waals surface area contributed by atoms with Gasteiger partial charge in [0.15, 0.2) is 16.3 Å². The molecule has 0 aliphatic carbocycles. The third-order valence-electron chi connectivity index (χ3n) is 6.70. The second-order valence-corrected chi connectivity index (χ2v) is 10.4.